The zero-order valence-electron chi connectivity index (χ0n) is 20.4. The Morgan fingerprint density at radius 2 is 1.57 bits per heavy atom. The van der Waals surface area contributed by atoms with Gasteiger partial charge in [0.2, 0.25) is 0 Å². The maximum Gasteiger partial charge on any atom is 0.410 e. The Balaban J connectivity index is 1.14. The van der Waals surface area contributed by atoms with Gasteiger partial charge >= 0.3 is 6.09 Å². The molecule has 1 amide bonds. The first-order chi connectivity index (χ1) is 18.0. The number of nitrogens with zero attached hydrogens (tertiary/aromatic N) is 2. The maximum absolute atomic E-state index is 14.5. The summed E-state index contributed by atoms with van der Waals surface area (Å²) in [6.45, 7) is 0.266. The zero-order valence-corrected chi connectivity index (χ0v) is 20.4. The van der Waals surface area contributed by atoms with Crippen LogP contribution in [0.4, 0.5) is 9.18 Å². The van der Waals surface area contributed by atoms with Crippen LogP contribution in [0.1, 0.15) is 58.6 Å². The molecule has 5 nitrogen and oxygen atoms in total. The van der Waals surface area contributed by atoms with E-state index in [1.54, 1.807) is 6.07 Å². The molecule has 2 saturated heterocycles. The quantitative estimate of drug-likeness (QED) is 0.392. The fourth-order valence-electron chi connectivity index (χ4n) is 6.54. The summed E-state index contributed by atoms with van der Waals surface area (Å²) in [5.41, 5.74) is 5.39. The number of nitriles is 1. The average molecular weight is 495 g/mol. The predicted octanol–water partition coefficient (Wildman–Crippen LogP) is 6.27. The fourth-order valence-corrected chi connectivity index (χ4v) is 6.54. The van der Waals surface area contributed by atoms with E-state index in [9.17, 15) is 14.0 Å². The highest BCUT2D eigenvalue weighted by molar-refractivity contribution is 5.98. The summed E-state index contributed by atoms with van der Waals surface area (Å²) in [6.07, 6.45) is 2.43. The minimum absolute atomic E-state index is 0.00298. The highest BCUT2D eigenvalue weighted by atomic mass is 19.1. The molecule has 6 rings (SSSR count). The van der Waals surface area contributed by atoms with Crippen LogP contribution in [0.15, 0.2) is 66.7 Å². The monoisotopic (exact) mass is 494 g/mol. The van der Waals surface area contributed by atoms with E-state index in [-0.39, 0.29) is 54.4 Å². The van der Waals surface area contributed by atoms with Gasteiger partial charge in [-0.05, 0) is 65.6 Å². The van der Waals surface area contributed by atoms with Crippen LogP contribution in [0.5, 0.6) is 0 Å². The molecule has 2 fully saturated rings. The minimum Gasteiger partial charge on any atom is -0.448 e. The lowest BCUT2D eigenvalue weighted by molar-refractivity contribution is 0.0504. The third kappa shape index (κ3) is 4.09. The number of Topliss-reactive ketones (excluding diaryl/α,β-unsaturated/α-hetero) is 1. The topological polar surface area (TPSA) is 70.4 Å². The zero-order chi connectivity index (χ0) is 25.5. The molecule has 186 valence electrons. The van der Waals surface area contributed by atoms with Crippen molar-refractivity contribution in [1.82, 2.24) is 4.90 Å². The number of rotatable bonds is 5. The molecule has 2 aliphatic heterocycles. The minimum atomic E-state index is -0.557. The number of halogens is 1. The van der Waals surface area contributed by atoms with Crippen LogP contribution >= 0.6 is 0 Å². The van der Waals surface area contributed by atoms with E-state index in [4.69, 9.17) is 10.00 Å². The van der Waals surface area contributed by atoms with Gasteiger partial charge in [-0.2, -0.15) is 5.26 Å². The van der Waals surface area contributed by atoms with E-state index in [0.29, 0.717) is 18.4 Å². The molecular formula is C31H27FN2O3. The number of amides is 1. The largest absolute Gasteiger partial charge is 0.448 e. The van der Waals surface area contributed by atoms with Crippen molar-refractivity contribution in [1.29, 1.82) is 5.26 Å². The van der Waals surface area contributed by atoms with Crippen molar-refractivity contribution in [2.24, 2.45) is 5.92 Å². The number of ether oxygens (including phenoxy) is 1. The Kier molecular flexibility index (Phi) is 6.00. The van der Waals surface area contributed by atoms with Gasteiger partial charge in [0.05, 0.1) is 18.1 Å². The van der Waals surface area contributed by atoms with E-state index in [1.807, 2.05) is 35.2 Å². The number of carbonyl (C=O) groups is 2. The van der Waals surface area contributed by atoms with Crippen molar-refractivity contribution in [3.05, 3.63) is 94.8 Å². The SMILES string of the molecule is N#CCc1ccc(F)c(C(=O)C2CC3CCC(C2)N3C(=O)OCC2c3ccccc3-c3ccccc32)c1. The van der Waals surface area contributed by atoms with Gasteiger partial charge < -0.3 is 9.64 Å². The third-order valence-corrected chi connectivity index (χ3v) is 8.23. The first-order valence-electron chi connectivity index (χ1n) is 12.9. The van der Waals surface area contributed by atoms with E-state index >= 15 is 0 Å². The Morgan fingerprint density at radius 3 is 2.19 bits per heavy atom. The van der Waals surface area contributed by atoms with Gasteiger partial charge in [0.15, 0.2) is 5.78 Å². The van der Waals surface area contributed by atoms with Crippen LogP contribution in [0.3, 0.4) is 0 Å². The summed E-state index contributed by atoms with van der Waals surface area (Å²) in [4.78, 5) is 28.4. The molecule has 0 saturated carbocycles. The lowest BCUT2D eigenvalue weighted by atomic mass is 9.84. The highest BCUT2D eigenvalue weighted by Crippen LogP contribution is 2.45. The van der Waals surface area contributed by atoms with Crippen molar-refractivity contribution >= 4 is 11.9 Å². The molecule has 1 aliphatic carbocycles. The van der Waals surface area contributed by atoms with Gasteiger partial charge in [0.1, 0.15) is 12.4 Å². The van der Waals surface area contributed by atoms with Crippen LogP contribution in [0, 0.1) is 23.1 Å². The molecule has 2 heterocycles. The second-order valence-electron chi connectivity index (χ2n) is 10.3. The number of carbonyl (C=O) groups excluding carboxylic acids is 2. The van der Waals surface area contributed by atoms with Gasteiger partial charge in [0, 0.05) is 23.9 Å². The van der Waals surface area contributed by atoms with Crippen molar-refractivity contribution in [2.45, 2.75) is 50.1 Å². The van der Waals surface area contributed by atoms with Crippen LogP contribution in [0.2, 0.25) is 0 Å². The number of hydrogen-bond acceptors (Lipinski definition) is 4. The molecule has 2 bridgehead atoms. The van der Waals surface area contributed by atoms with E-state index < -0.39 is 5.82 Å². The first kappa shape index (κ1) is 23.4. The van der Waals surface area contributed by atoms with Crippen LogP contribution in [-0.2, 0) is 11.2 Å². The lowest BCUT2D eigenvalue weighted by Crippen LogP contribution is -2.48. The molecule has 0 N–H and O–H groups in total. The van der Waals surface area contributed by atoms with E-state index in [0.717, 1.165) is 12.8 Å². The Morgan fingerprint density at radius 1 is 0.946 bits per heavy atom. The van der Waals surface area contributed by atoms with Crippen molar-refractivity contribution in [3.8, 4) is 17.2 Å². The number of hydrogen-bond donors (Lipinski definition) is 0. The fraction of sp³-hybridized carbons (Fsp3) is 0.323. The lowest BCUT2D eigenvalue weighted by Gasteiger charge is -2.37. The molecule has 0 spiro atoms. The summed E-state index contributed by atoms with van der Waals surface area (Å²) < 4.78 is 20.4. The summed E-state index contributed by atoms with van der Waals surface area (Å²) >= 11 is 0. The van der Waals surface area contributed by atoms with Gasteiger partial charge in [-0.3, -0.25) is 4.79 Å². The molecule has 0 aromatic heterocycles. The molecule has 37 heavy (non-hydrogen) atoms. The number of fused-ring (bicyclic) bond motifs is 5. The van der Waals surface area contributed by atoms with E-state index in [1.165, 1.54) is 34.4 Å². The Bertz CT molecular complexity index is 1370. The second kappa shape index (κ2) is 9.48. The van der Waals surface area contributed by atoms with Crippen molar-refractivity contribution < 1.29 is 18.7 Å². The summed E-state index contributed by atoms with van der Waals surface area (Å²) in [5.74, 6) is -1.14. The molecular weight excluding hydrogens is 467 g/mol. The molecule has 3 aromatic carbocycles. The third-order valence-electron chi connectivity index (χ3n) is 8.23. The predicted molar refractivity (Wildman–Crippen MR) is 136 cm³/mol. The Labute approximate surface area is 215 Å². The second-order valence-corrected chi connectivity index (χ2v) is 10.3. The number of piperidine rings is 1. The van der Waals surface area contributed by atoms with Gasteiger partial charge in [-0.25, -0.2) is 9.18 Å². The van der Waals surface area contributed by atoms with Gasteiger partial charge in [-0.15, -0.1) is 0 Å². The molecule has 0 radical (unpaired) electrons. The Hall–Kier alpha value is -3.98. The smallest absolute Gasteiger partial charge is 0.410 e. The molecule has 3 aromatic rings. The average Bonchev–Trinajstić information content (AvgIpc) is 3.38. The van der Waals surface area contributed by atoms with Crippen LogP contribution < -0.4 is 0 Å². The molecule has 3 aliphatic rings. The standard InChI is InChI=1S/C31H27FN2O3/c32-29-12-9-19(13-14-33)15-27(29)30(35)20-16-21-10-11-22(17-20)34(21)31(36)37-18-28-25-7-3-1-5-23(25)24-6-2-4-8-26(24)28/h1-9,12,15,20-22,28H,10-11,13,16-18H2. The molecule has 6 heteroatoms. The summed E-state index contributed by atoms with van der Waals surface area (Å²) in [7, 11) is 0. The van der Waals surface area contributed by atoms with Crippen molar-refractivity contribution in [3.63, 3.8) is 0 Å². The molecule has 2 atom stereocenters. The van der Waals surface area contributed by atoms with E-state index in [2.05, 4.69) is 24.3 Å². The maximum atomic E-state index is 14.5. The van der Waals surface area contributed by atoms with Gasteiger partial charge in [-0.1, -0.05) is 54.6 Å². The number of benzene rings is 3. The van der Waals surface area contributed by atoms with Gasteiger partial charge in [0.25, 0.3) is 0 Å². The van der Waals surface area contributed by atoms with Crippen molar-refractivity contribution in [2.75, 3.05) is 6.61 Å². The van der Waals surface area contributed by atoms with Crippen LogP contribution in [-0.4, -0.2) is 35.5 Å². The summed E-state index contributed by atoms with van der Waals surface area (Å²) in [5, 5.41) is 8.96. The highest BCUT2D eigenvalue weighted by Gasteiger charge is 2.46. The normalized spacial score (nSPS) is 21.7. The van der Waals surface area contributed by atoms with Crippen LogP contribution in [0.25, 0.3) is 11.1 Å². The number of ketones is 1. The summed E-state index contributed by atoms with van der Waals surface area (Å²) in [6, 6.07) is 22.7. The molecule has 2 unspecified atom stereocenters. The first-order valence-corrected chi connectivity index (χ1v) is 12.9.